The minimum atomic E-state index is -4.88. The Balaban J connectivity index is 1.74. The second kappa shape index (κ2) is 9.81. The minimum Gasteiger partial charge on any atom is -0.452 e. The first-order chi connectivity index (χ1) is 17.1. The third kappa shape index (κ3) is 5.22. The van der Waals surface area contributed by atoms with Crippen molar-refractivity contribution in [3.63, 3.8) is 0 Å². The lowest BCUT2D eigenvalue weighted by atomic mass is 10.2. The molecule has 36 heavy (non-hydrogen) atoms. The van der Waals surface area contributed by atoms with Crippen molar-refractivity contribution in [1.29, 1.82) is 0 Å². The highest BCUT2D eigenvalue weighted by atomic mass is 19.4. The van der Waals surface area contributed by atoms with Crippen LogP contribution >= 0.6 is 0 Å². The molecule has 0 saturated carbocycles. The first-order valence-corrected chi connectivity index (χ1v) is 10.8. The number of aliphatic hydroxyl groups is 1. The van der Waals surface area contributed by atoms with Gasteiger partial charge in [-0.2, -0.15) is 0 Å². The smallest absolute Gasteiger partial charge is 0.452 e. The summed E-state index contributed by atoms with van der Waals surface area (Å²) in [4.78, 5) is 31.7. The van der Waals surface area contributed by atoms with Crippen molar-refractivity contribution in [2.75, 3.05) is 22.6 Å². The molecule has 1 aliphatic heterocycles. The molecule has 2 aromatic heterocycles. The van der Waals surface area contributed by atoms with E-state index in [0.29, 0.717) is 11.4 Å². The summed E-state index contributed by atoms with van der Waals surface area (Å²) >= 11 is 0. The van der Waals surface area contributed by atoms with Gasteiger partial charge in [-0.25, -0.2) is 9.78 Å². The van der Waals surface area contributed by atoms with E-state index in [4.69, 9.17) is 10.5 Å². The van der Waals surface area contributed by atoms with Gasteiger partial charge in [-0.3, -0.25) is 13.9 Å². The first-order valence-electron chi connectivity index (χ1n) is 10.8. The van der Waals surface area contributed by atoms with Gasteiger partial charge in [0, 0.05) is 32.5 Å². The molecule has 0 aliphatic carbocycles. The zero-order chi connectivity index (χ0) is 26.0. The summed E-state index contributed by atoms with van der Waals surface area (Å²) in [5, 5.41) is 12.1. The van der Waals surface area contributed by atoms with Crippen molar-refractivity contribution in [3.05, 3.63) is 69.0 Å². The average Bonchev–Trinajstić information content (AvgIpc) is 3.16. The third-order valence-electron chi connectivity index (χ3n) is 5.38. The van der Waals surface area contributed by atoms with Gasteiger partial charge in [-0.05, 0) is 30.2 Å². The first kappa shape index (κ1) is 24.9. The van der Waals surface area contributed by atoms with E-state index in [0.717, 1.165) is 16.7 Å². The van der Waals surface area contributed by atoms with Crippen LogP contribution in [0.3, 0.4) is 0 Å². The van der Waals surface area contributed by atoms with E-state index >= 15 is 0 Å². The lowest BCUT2D eigenvalue weighted by Crippen LogP contribution is -2.43. The van der Waals surface area contributed by atoms with Gasteiger partial charge in [0.1, 0.15) is 28.8 Å². The second-order valence-electron chi connectivity index (χ2n) is 7.93. The molecule has 1 atom stereocenters. The number of anilines is 3. The number of fused-ring (bicyclic) bond motifs is 1. The summed E-state index contributed by atoms with van der Waals surface area (Å²) in [5.41, 5.74) is 5.21. The summed E-state index contributed by atoms with van der Waals surface area (Å²) in [6, 6.07) is 8.20. The number of alkyl halides is 3. The van der Waals surface area contributed by atoms with E-state index in [9.17, 15) is 27.9 Å². The van der Waals surface area contributed by atoms with Gasteiger partial charge in [0.15, 0.2) is 0 Å². The minimum absolute atomic E-state index is 0.00506. The van der Waals surface area contributed by atoms with Crippen LogP contribution in [-0.2, 0) is 20.1 Å². The van der Waals surface area contributed by atoms with Crippen LogP contribution in [0.2, 0.25) is 0 Å². The Kier molecular flexibility index (Phi) is 6.79. The van der Waals surface area contributed by atoms with Crippen LogP contribution in [0, 0.1) is 0 Å². The zero-order valence-corrected chi connectivity index (χ0v) is 19.0. The fourth-order valence-corrected chi connectivity index (χ4v) is 3.77. The topological polar surface area (TPSA) is 137 Å². The molecule has 0 bridgehead atoms. The molecule has 1 unspecified atom stereocenters. The predicted octanol–water partition coefficient (Wildman–Crippen LogP) is 1.60. The van der Waals surface area contributed by atoms with Gasteiger partial charge in [-0.1, -0.05) is 12.1 Å². The van der Waals surface area contributed by atoms with Crippen LogP contribution in [0.5, 0.6) is 11.5 Å². The largest absolute Gasteiger partial charge is 0.573 e. The molecule has 1 aromatic carbocycles. The third-order valence-corrected chi connectivity index (χ3v) is 5.38. The molecule has 0 amide bonds. The van der Waals surface area contributed by atoms with Gasteiger partial charge in [0.2, 0.25) is 0 Å². The highest BCUT2D eigenvalue weighted by molar-refractivity contribution is 5.71. The van der Waals surface area contributed by atoms with Crippen molar-refractivity contribution >= 4 is 17.3 Å². The van der Waals surface area contributed by atoms with Gasteiger partial charge in [-0.15, -0.1) is 13.2 Å². The summed E-state index contributed by atoms with van der Waals surface area (Å²) < 4.78 is 50.1. The molecule has 11 nitrogen and oxygen atoms in total. The second-order valence-corrected chi connectivity index (χ2v) is 7.93. The molecular weight excluding hydrogens is 485 g/mol. The Labute approximate surface area is 202 Å². The van der Waals surface area contributed by atoms with E-state index in [1.165, 1.54) is 34.8 Å². The molecule has 1 aliphatic rings. The van der Waals surface area contributed by atoms with Crippen molar-refractivity contribution in [2.45, 2.75) is 32.2 Å². The Morgan fingerprint density at radius 3 is 2.61 bits per heavy atom. The molecule has 3 aromatic rings. The number of rotatable bonds is 8. The van der Waals surface area contributed by atoms with E-state index in [1.807, 2.05) is 0 Å². The predicted molar refractivity (Wildman–Crippen MR) is 124 cm³/mol. The van der Waals surface area contributed by atoms with Crippen LogP contribution in [0.4, 0.5) is 30.5 Å². The normalized spacial score (nSPS) is 14.9. The van der Waals surface area contributed by atoms with E-state index < -0.39 is 29.7 Å². The van der Waals surface area contributed by atoms with E-state index in [2.05, 4.69) is 15.0 Å². The maximum Gasteiger partial charge on any atom is 0.573 e. The lowest BCUT2D eigenvalue weighted by Gasteiger charge is -2.26. The molecule has 14 heteroatoms. The number of nitrogen functional groups attached to an aromatic ring is 1. The number of aromatic nitrogens is 3. The number of hydrogen-bond donors (Lipinski definition) is 3. The van der Waals surface area contributed by atoms with Gasteiger partial charge in [0.05, 0.1) is 6.54 Å². The van der Waals surface area contributed by atoms with Crippen molar-refractivity contribution in [3.8, 4) is 11.5 Å². The Morgan fingerprint density at radius 1 is 1.19 bits per heavy atom. The summed E-state index contributed by atoms with van der Waals surface area (Å²) in [6.45, 7) is -0.132. The molecule has 3 heterocycles. The quantitative estimate of drug-likeness (QED) is 0.414. The molecule has 0 radical (unpaired) electrons. The number of pyridine rings is 1. The number of nitrogens with one attached hydrogen (secondary N) is 1. The Bertz CT molecular complexity index is 1360. The van der Waals surface area contributed by atoms with Gasteiger partial charge in [0.25, 0.3) is 11.9 Å². The highest BCUT2D eigenvalue weighted by Gasteiger charge is 2.37. The van der Waals surface area contributed by atoms with Crippen molar-refractivity contribution < 1.29 is 27.8 Å². The van der Waals surface area contributed by atoms with Crippen LogP contribution in [0.15, 0.2) is 52.2 Å². The van der Waals surface area contributed by atoms with E-state index in [1.54, 1.807) is 12.1 Å². The fourth-order valence-electron chi connectivity index (χ4n) is 3.77. The van der Waals surface area contributed by atoms with Crippen LogP contribution in [0.1, 0.15) is 12.0 Å². The lowest BCUT2D eigenvalue weighted by molar-refractivity contribution is -0.274. The number of halogens is 3. The molecule has 0 spiro atoms. The Hall–Kier alpha value is -4.20. The standard InChI is InChI=1S/C22H23F3N6O5/c1-29-18-17(19(33)30(21(29)34)8-3-9-32)31(12-13-6-7-16(26)27-11-13)20(28-18)35-14-4-2-5-15(10-14)36-22(23,24)25/h2,4-7,10-11,20,28,32H,3,8-9,12H2,1H3,(H2,26,27). The number of hydrogen-bond acceptors (Lipinski definition) is 9. The van der Waals surface area contributed by atoms with Gasteiger partial charge < -0.3 is 30.5 Å². The number of nitrogens with zero attached hydrogens (tertiary/aromatic N) is 4. The fraction of sp³-hybridized carbons (Fsp3) is 0.318. The molecule has 0 saturated heterocycles. The maximum absolute atomic E-state index is 13.4. The molecule has 192 valence electrons. The Morgan fingerprint density at radius 2 is 1.94 bits per heavy atom. The summed E-state index contributed by atoms with van der Waals surface area (Å²) in [5.74, 6) is -0.000250. The number of aliphatic hydroxyl groups excluding tert-OH is 1. The summed E-state index contributed by atoms with van der Waals surface area (Å²) in [6.07, 6.45) is -4.26. The van der Waals surface area contributed by atoms with E-state index in [-0.39, 0.29) is 43.4 Å². The molecule has 4 N–H and O–H groups in total. The highest BCUT2D eigenvalue weighted by Crippen LogP contribution is 2.34. The van der Waals surface area contributed by atoms with Gasteiger partial charge >= 0.3 is 12.1 Å². The SMILES string of the molecule is Cn1c2c(c(=O)n(CCCO)c1=O)N(Cc1ccc(N)nc1)C(Oc1cccc(OC(F)(F)F)c1)N2. The van der Waals surface area contributed by atoms with Crippen LogP contribution < -0.4 is 36.7 Å². The number of benzene rings is 1. The van der Waals surface area contributed by atoms with Crippen LogP contribution in [-0.4, -0.2) is 38.5 Å². The molecule has 0 fully saturated rings. The van der Waals surface area contributed by atoms with Crippen molar-refractivity contribution in [1.82, 2.24) is 14.1 Å². The van der Waals surface area contributed by atoms with Crippen molar-refractivity contribution in [2.24, 2.45) is 7.05 Å². The number of nitrogens with two attached hydrogens (primary N) is 1. The monoisotopic (exact) mass is 508 g/mol. The zero-order valence-electron chi connectivity index (χ0n) is 19.0. The molecule has 4 rings (SSSR count). The maximum atomic E-state index is 13.4. The summed E-state index contributed by atoms with van der Waals surface area (Å²) in [7, 11) is 1.46. The average molecular weight is 508 g/mol. The molecular formula is C22H23F3N6O5. The number of ether oxygens (including phenoxy) is 2. The van der Waals surface area contributed by atoms with Crippen LogP contribution in [0.25, 0.3) is 0 Å².